The molecule has 14 heteroatoms. The van der Waals surface area contributed by atoms with Crippen LogP contribution in [0.5, 0.6) is 0 Å². The van der Waals surface area contributed by atoms with Crippen LogP contribution in [0.4, 0.5) is 16.6 Å². The number of anilines is 2. The maximum Gasteiger partial charge on any atom is 0.407 e. The second-order valence-corrected chi connectivity index (χ2v) is 10.6. The number of methoxy groups -OCH3 is 1. The molecule has 0 aliphatic rings. The van der Waals surface area contributed by atoms with E-state index in [2.05, 4.69) is 35.0 Å². The Balaban J connectivity index is 2.04. The number of aromatic nitrogens is 5. The lowest BCUT2D eigenvalue weighted by atomic mass is 10.0. The molecule has 0 saturated carbocycles. The number of nitrogens with one attached hydrogen (secondary N) is 3. The molecule has 3 aromatic heterocycles. The van der Waals surface area contributed by atoms with Gasteiger partial charge in [0.05, 0.1) is 24.1 Å². The molecule has 0 radical (unpaired) electrons. The number of hydrogen-bond acceptors (Lipinski definition) is 9. The number of ether oxygens (including phenoxy) is 1. The Hall–Kier alpha value is -3.45. The molecule has 0 spiro atoms. The molecule has 1 atom stereocenters. The molecule has 0 aromatic carbocycles. The van der Waals surface area contributed by atoms with Gasteiger partial charge in [0.25, 0.3) is 0 Å². The van der Waals surface area contributed by atoms with Gasteiger partial charge in [-0.2, -0.15) is 5.10 Å². The molecule has 3 aromatic rings. The van der Waals surface area contributed by atoms with Crippen molar-refractivity contribution in [3.8, 4) is 22.5 Å². The third-order valence-corrected chi connectivity index (χ3v) is 5.97. The molecule has 0 unspecified atom stereocenters. The van der Waals surface area contributed by atoms with Crippen molar-refractivity contribution in [2.45, 2.75) is 39.8 Å². The van der Waals surface area contributed by atoms with Crippen LogP contribution >= 0.6 is 11.6 Å². The maximum absolute atomic E-state index is 11.8. The van der Waals surface area contributed by atoms with Crippen molar-refractivity contribution in [3.05, 3.63) is 35.2 Å². The summed E-state index contributed by atoms with van der Waals surface area (Å²) >= 11 is 6.64. The van der Waals surface area contributed by atoms with Crippen molar-refractivity contribution < 1.29 is 17.9 Å². The molecule has 3 N–H and O–H groups in total. The predicted molar refractivity (Wildman–Crippen MR) is 139 cm³/mol. The average Bonchev–Trinajstić information content (AvgIpc) is 3.24. The van der Waals surface area contributed by atoms with E-state index in [0.717, 1.165) is 6.26 Å². The highest BCUT2D eigenvalue weighted by molar-refractivity contribution is 7.92. The Morgan fingerprint density at radius 2 is 1.97 bits per heavy atom. The smallest absolute Gasteiger partial charge is 0.407 e. The molecule has 0 bridgehead atoms. The summed E-state index contributed by atoms with van der Waals surface area (Å²) in [7, 11) is -2.30. The zero-order valence-electron chi connectivity index (χ0n) is 20.8. The molecule has 0 fully saturated rings. The highest BCUT2D eigenvalue weighted by Gasteiger charge is 2.23. The Bertz CT molecular complexity index is 1360. The molecular weight excluding hydrogens is 508 g/mol. The van der Waals surface area contributed by atoms with Gasteiger partial charge in [-0.15, -0.1) is 0 Å². The molecule has 194 valence electrons. The summed E-state index contributed by atoms with van der Waals surface area (Å²) < 4.78 is 32.4. The number of halogens is 1. The number of rotatable bonds is 9. The van der Waals surface area contributed by atoms with Gasteiger partial charge >= 0.3 is 6.09 Å². The van der Waals surface area contributed by atoms with Gasteiger partial charge in [-0.05, 0) is 39.3 Å². The summed E-state index contributed by atoms with van der Waals surface area (Å²) in [6, 6.07) is 1.55. The van der Waals surface area contributed by atoms with Crippen LogP contribution in [-0.2, 0) is 14.8 Å². The fraction of sp³-hybridized carbons (Fsp3) is 0.409. The second kappa shape index (κ2) is 11.1. The van der Waals surface area contributed by atoms with Crippen molar-refractivity contribution in [1.29, 1.82) is 0 Å². The molecule has 0 aliphatic heterocycles. The van der Waals surface area contributed by atoms with Crippen molar-refractivity contribution in [1.82, 2.24) is 30.0 Å². The van der Waals surface area contributed by atoms with Gasteiger partial charge in [-0.3, -0.25) is 9.40 Å². The zero-order chi connectivity index (χ0) is 26.6. The van der Waals surface area contributed by atoms with E-state index in [9.17, 15) is 13.2 Å². The molecule has 0 aliphatic carbocycles. The van der Waals surface area contributed by atoms with Gasteiger partial charge in [0.2, 0.25) is 16.0 Å². The normalized spacial score (nSPS) is 12.3. The highest BCUT2D eigenvalue weighted by Crippen LogP contribution is 2.39. The lowest BCUT2D eigenvalue weighted by Crippen LogP contribution is -2.37. The molecule has 3 rings (SSSR count). The topological polar surface area (TPSA) is 153 Å². The van der Waals surface area contributed by atoms with Crippen LogP contribution in [0.15, 0.2) is 24.7 Å². The monoisotopic (exact) mass is 536 g/mol. The summed E-state index contributed by atoms with van der Waals surface area (Å²) in [5, 5.41) is 10.6. The van der Waals surface area contributed by atoms with Crippen LogP contribution in [0.3, 0.4) is 0 Å². The summed E-state index contributed by atoms with van der Waals surface area (Å²) in [6.07, 6.45) is 5.50. The quantitative estimate of drug-likeness (QED) is 0.373. The van der Waals surface area contributed by atoms with Crippen molar-refractivity contribution in [3.63, 3.8) is 0 Å². The third kappa shape index (κ3) is 6.61. The van der Waals surface area contributed by atoms with Crippen LogP contribution in [0.2, 0.25) is 5.02 Å². The molecule has 1 amide bonds. The number of pyridine rings is 1. The zero-order valence-corrected chi connectivity index (χ0v) is 22.4. The predicted octanol–water partition coefficient (Wildman–Crippen LogP) is 3.47. The van der Waals surface area contributed by atoms with E-state index in [1.165, 1.54) is 13.3 Å². The van der Waals surface area contributed by atoms with Gasteiger partial charge in [-0.25, -0.2) is 28.2 Å². The Labute approximate surface area is 214 Å². The fourth-order valence-corrected chi connectivity index (χ4v) is 4.19. The minimum Gasteiger partial charge on any atom is -0.453 e. The van der Waals surface area contributed by atoms with Crippen LogP contribution in [-0.4, -0.2) is 65.2 Å². The summed E-state index contributed by atoms with van der Waals surface area (Å²) in [5.41, 5.74) is 3.03. The van der Waals surface area contributed by atoms with E-state index < -0.39 is 16.1 Å². The lowest BCUT2D eigenvalue weighted by Gasteiger charge is -2.14. The van der Waals surface area contributed by atoms with Gasteiger partial charge in [-0.1, -0.05) is 11.6 Å². The minimum absolute atomic E-state index is 0.0157. The number of nitrogens with zero attached hydrogens (tertiary/aromatic N) is 5. The number of carbonyl (C=O) groups is 1. The Morgan fingerprint density at radius 3 is 2.61 bits per heavy atom. The Morgan fingerprint density at radius 1 is 1.25 bits per heavy atom. The number of aryl methyl sites for hydroxylation is 1. The van der Waals surface area contributed by atoms with E-state index in [1.54, 1.807) is 16.9 Å². The van der Waals surface area contributed by atoms with Gasteiger partial charge in [0.1, 0.15) is 5.69 Å². The first-order chi connectivity index (χ1) is 16.9. The van der Waals surface area contributed by atoms with Crippen molar-refractivity contribution >= 4 is 39.5 Å². The number of hydrogen-bond donors (Lipinski definition) is 3. The van der Waals surface area contributed by atoms with E-state index in [0.29, 0.717) is 40.6 Å². The van der Waals surface area contributed by atoms with E-state index >= 15 is 0 Å². The standard InChI is InChI=1S/C22H29ClN8O4S/c1-12(2)31-11-15(16-7-8-24-21(28-16)26-10-14(4)27-22(32)35-5)19(29-31)17-13(3)9-25-20(18(17)23)30-36(6,33)34/h7-9,11-12,14H,10H2,1-6H3,(H,25,30)(H,27,32)(H,24,26,28)/t14-/m0/s1. The largest absolute Gasteiger partial charge is 0.453 e. The molecule has 0 saturated heterocycles. The first-order valence-electron chi connectivity index (χ1n) is 11.0. The number of amides is 1. The maximum atomic E-state index is 11.8. The second-order valence-electron chi connectivity index (χ2n) is 8.50. The Kier molecular flexibility index (Phi) is 8.35. The van der Waals surface area contributed by atoms with Crippen LogP contribution < -0.4 is 15.4 Å². The van der Waals surface area contributed by atoms with Crippen LogP contribution in [0, 0.1) is 6.92 Å². The molecule has 36 heavy (non-hydrogen) atoms. The van der Waals surface area contributed by atoms with E-state index in [1.807, 2.05) is 33.9 Å². The van der Waals surface area contributed by atoms with Gasteiger partial charge in [0.15, 0.2) is 5.82 Å². The minimum atomic E-state index is -3.60. The molecule has 3 heterocycles. The van der Waals surface area contributed by atoms with Crippen LogP contribution in [0.25, 0.3) is 22.5 Å². The fourth-order valence-electron chi connectivity index (χ4n) is 3.29. The van der Waals surface area contributed by atoms with Gasteiger partial charge in [0, 0.05) is 48.3 Å². The average molecular weight is 537 g/mol. The van der Waals surface area contributed by atoms with Crippen molar-refractivity contribution in [2.75, 3.05) is 29.9 Å². The first kappa shape index (κ1) is 27.1. The first-order valence-corrected chi connectivity index (χ1v) is 13.3. The lowest BCUT2D eigenvalue weighted by molar-refractivity contribution is 0.168. The van der Waals surface area contributed by atoms with E-state index in [4.69, 9.17) is 16.7 Å². The summed E-state index contributed by atoms with van der Waals surface area (Å²) in [4.78, 5) is 24.4. The summed E-state index contributed by atoms with van der Waals surface area (Å²) in [6.45, 7) is 7.97. The van der Waals surface area contributed by atoms with Crippen molar-refractivity contribution in [2.24, 2.45) is 0 Å². The number of carbonyl (C=O) groups excluding carboxylic acids is 1. The number of sulfonamides is 1. The third-order valence-electron chi connectivity index (χ3n) is 5.04. The number of alkyl carbamates (subject to hydrolysis) is 1. The molecular formula is C22H29ClN8O4S. The van der Waals surface area contributed by atoms with E-state index in [-0.39, 0.29) is 22.9 Å². The summed E-state index contributed by atoms with van der Waals surface area (Å²) in [5.74, 6) is 0.369. The molecule has 12 nitrogen and oxygen atoms in total. The SMILES string of the molecule is COC(=O)N[C@@H](C)CNc1nccc(-c2cn(C(C)C)nc2-c2c(C)cnc(NS(C)(=O)=O)c2Cl)n1. The van der Waals surface area contributed by atoms with Gasteiger partial charge < -0.3 is 15.4 Å². The highest BCUT2D eigenvalue weighted by atomic mass is 35.5. The van der Waals surface area contributed by atoms with Crippen LogP contribution in [0.1, 0.15) is 32.4 Å².